The van der Waals surface area contributed by atoms with Crippen LogP contribution in [0.2, 0.25) is 0 Å². The Morgan fingerprint density at radius 3 is 2.94 bits per heavy atom. The van der Waals surface area contributed by atoms with E-state index in [0.29, 0.717) is 5.56 Å². The minimum Gasteiger partial charge on any atom is -0.478 e. The molecule has 1 aromatic carbocycles. The third-order valence-corrected chi connectivity index (χ3v) is 3.50. The van der Waals surface area contributed by atoms with Crippen molar-refractivity contribution >= 4 is 27.6 Å². The maximum atomic E-state index is 11.2. The summed E-state index contributed by atoms with van der Waals surface area (Å²) >= 11 is 3.29. The molecule has 1 saturated heterocycles. The number of methoxy groups -OCH3 is 1. The Kier molecular flexibility index (Phi) is 3.69. The molecule has 1 heterocycles. The molecule has 1 atom stereocenters. The largest absolute Gasteiger partial charge is 0.478 e. The quantitative estimate of drug-likeness (QED) is 0.931. The molecule has 1 aliphatic rings. The highest BCUT2D eigenvalue weighted by Crippen LogP contribution is 2.28. The van der Waals surface area contributed by atoms with Gasteiger partial charge < -0.3 is 14.7 Å². The van der Waals surface area contributed by atoms with Crippen molar-refractivity contribution in [3.05, 3.63) is 28.2 Å². The zero-order valence-corrected chi connectivity index (χ0v) is 11.1. The Morgan fingerprint density at radius 2 is 2.35 bits per heavy atom. The van der Waals surface area contributed by atoms with Crippen molar-refractivity contribution in [3.8, 4) is 0 Å². The molecular weight excluding hydrogens is 286 g/mol. The molecule has 17 heavy (non-hydrogen) atoms. The standard InChI is InChI=1S/C12H14BrNO3/c1-17-9-4-5-14(7-9)11-3-2-8(13)6-10(11)12(15)16/h2-3,6,9H,4-5,7H2,1H3,(H,15,16). The van der Waals surface area contributed by atoms with Crippen LogP contribution in [0, 0.1) is 0 Å². The lowest BCUT2D eigenvalue weighted by Gasteiger charge is -2.20. The van der Waals surface area contributed by atoms with Crippen molar-refractivity contribution < 1.29 is 14.6 Å². The Labute approximate surface area is 108 Å². The number of benzene rings is 1. The second-order valence-electron chi connectivity index (χ2n) is 4.06. The number of nitrogens with zero attached hydrogens (tertiary/aromatic N) is 1. The SMILES string of the molecule is COC1CCN(c2ccc(Br)cc2C(=O)O)C1. The highest BCUT2D eigenvalue weighted by Gasteiger charge is 2.25. The Hall–Kier alpha value is -1.07. The van der Waals surface area contributed by atoms with Crippen LogP contribution in [0.5, 0.6) is 0 Å². The first kappa shape index (κ1) is 12.4. The predicted octanol–water partition coefficient (Wildman–Crippen LogP) is 2.37. The van der Waals surface area contributed by atoms with E-state index in [-0.39, 0.29) is 6.10 Å². The summed E-state index contributed by atoms with van der Waals surface area (Å²) in [6, 6.07) is 5.34. The summed E-state index contributed by atoms with van der Waals surface area (Å²) < 4.78 is 6.07. The fourth-order valence-corrected chi connectivity index (χ4v) is 2.46. The maximum absolute atomic E-state index is 11.2. The number of halogens is 1. The first-order chi connectivity index (χ1) is 8.11. The molecule has 1 unspecified atom stereocenters. The van der Waals surface area contributed by atoms with Crippen molar-refractivity contribution in [2.24, 2.45) is 0 Å². The Bertz CT molecular complexity index is 436. The second-order valence-corrected chi connectivity index (χ2v) is 4.97. The molecule has 0 aliphatic carbocycles. The summed E-state index contributed by atoms with van der Waals surface area (Å²) in [5.41, 5.74) is 1.09. The van der Waals surface area contributed by atoms with E-state index in [1.807, 2.05) is 12.1 Å². The van der Waals surface area contributed by atoms with Crippen LogP contribution in [-0.4, -0.2) is 37.4 Å². The van der Waals surface area contributed by atoms with Crippen LogP contribution in [0.3, 0.4) is 0 Å². The highest BCUT2D eigenvalue weighted by molar-refractivity contribution is 9.10. The van der Waals surface area contributed by atoms with Gasteiger partial charge in [0.1, 0.15) is 0 Å². The van der Waals surface area contributed by atoms with Gasteiger partial charge in [0.2, 0.25) is 0 Å². The lowest BCUT2D eigenvalue weighted by Crippen LogP contribution is -2.24. The van der Waals surface area contributed by atoms with Gasteiger partial charge in [0.25, 0.3) is 0 Å². The van der Waals surface area contributed by atoms with Gasteiger partial charge in [-0.15, -0.1) is 0 Å². The molecule has 0 aromatic heterocycles. The van der Waals surface area contributed by atoms with Crippen LogP contribution in [0.15, 0.2) is 22.7 Å². The van der Waals surface area contributed by atoms with Crippen molar-refractivity contribution in [1.82, 2.24) is 0 Å². The number of carbonyl (C=O) groups is 1. The lowest BCUT2D eigenvalue weighted by atomic mass is 10.1. The van der Waals surface area contributed by atoms with Crippen LogP contribution < -0.4 is 4.90 Å². The number of anilines is 1. The first-order valence-electron chi connectivity index (χ1n) is 5.42. The normalized spacial score (nSPS) is 19.6. The van der Waals surface area contributed by atoms with Gasteiger partial charge in [-0.2, -0.15) is 0 Å². The Morgan fingerprint density at radius 1 is 1.59 bits per heavy atom. The molecule has 1 aliphatic heterocycles. The third kappa shape index (κ3) is 2.61. The summed E-state index contributed by atoms with van der Waals surface area (Å²) in [7, 11) is 1.69. The van der Waals surface area contributed by atoms with E-state index >= 15 is 0 Å². The zero-order chi connectivity index (χ0) is 12.4. The van der Waals surface area contributed by atoms with Gasteiger partial charge in [-0.25, -0.2) is 4.79 Å². The molecular formula is C12H14BrNO3. The molecule has 1 N–H and O–H groups in total. The first-order valence-corrected chi connectivity index (χ1v) is 6.21. The maximum Gasteiger partial charge on any atom is 0.337 e. The van der Waals surface area contributed by atoms with Crippen LogP contribution >= 0.6 is 15.9 Å². The van der Waals surface area contributed by atoms with Crippen LogP contribution in [0.4, 0.5) is 5.69 Å². The summed E-state index contributed by atoms with van der Waals surface area (Å²) in [5.74, 6) is -0.901. The van der Waals surface area contributed by atoms with Crippen LogP contribution in [-0.2, 0) is 4.74 Å². The molecule has 2 rings (SSSR count). The highest BCUT2D eigenvalue weighted by atomic mass is 79.9. The summed E-state index contributed by atoms with van der Waals surface area (Å²) in [5, 5.41) is 9.19. The number of carboxylic acids is 1. The van der Waals surface area contributed by atoms with Gasteiger partial charge in [0.05, 0.1) is 17.4 Å². The molecule has 0 amide bonds. The number of aromatic carboxylic acids is 1. The molecule has 4 nitrogen and oxygen atoms in total. The van der Waals surface area contributed by atoms with E-state index in [1.165, 1.54) is 0 Å². The minimum absolute atomic E-state index is 0.195. The molecule has 0 bridgehead atoms. The van der Waals surface area contributed by atoms with Gasteiger partial charge >= 0.3 is 5.97 Å². The van der Waals surface area contributed by atoms with E-state index in [0.717, 1.165) is 29.7 Å². The number of hydrogen-bond donors (Lipinski definition) is 1. The van der Waals surface area contributed by atoms with Crippen LogP contribution in [0.25, 0.3) is 0 Å². The van der Waals surface area contributed by atoms with Crippen LogP contribution in [0.1, 0.15) is 16.8 Å². The van der Waals surface area contributed by atoms with Gasteiger partial charge in [0.15, 0.2) is 0 Å². The summed E-state index contributed by atoms with van der Waals surface area (Å²) in [6.45, 7) is 1.58. The van der Waals surface area contributed by atoms with Gasteiger partial charge in [-0.1, -0.05) is 15.9 Å². The van der Waals surface area contributed by atoms with Crippen molar-refractivity contribution in [2.45, 2.75) is 12.5 Å². The molecule has 1 aromatic rings. The van der Waals surface area contributed by atoms with E-state index in [1.54, 1.807) is 13.2 Å². The van der Waals surface area contributed by atoms with E-state index < -0.39 is 5.97 Å². The predicted molar refractivity (Wildman–Crippen MR) is 68.7 cm³/mol. The number of hydrogen-bond acceptors (Lipinski definition) is 3. The number of ether oxygens (including phenoxy) is 1. The molecule has 92 valence electrons. The van der Waals surface area contributed by atoms with Gasteiger partial charge in [-0.3, -0.25) is 0 Å². The fraction of sp³-hybridized carbons (Fsp3) is 0.417. The zero-order valence-electron chi connectivity index (χ0n) is 9.52. The van der Waals surface area contributed by atoms with Gasteiger partial charge in [0, 0.05) is 24.7 Å². The molecule has 1 fully saturated rings. The average molecular weight is 300 g/mol. The summed E-state index contributed by atoms with van der Waals surface area (Å²) in [6.07, 6.45) is 1.13. The Balaban J connectivity index is 2.29. The van der Waals surface area contributed by atoms with E-state index in [9.17, 15) is 9.90 Å². The minimum atomic E-state index is -0.901. The van der Waals surface area contributed by atoms with Crippen molar-refractivity contribution in [1.29, 1.82) is 0 Å². The lowest BCUT2D eigenvalue weighted by molar-refractivity contribution is 0.0697. The molecule has 0 spiro atoms. The van der Waals surface area contributed by atoms with E-state index in [4.69, 9.17) is 4.74 Å². The summed E-state index contributed by atoms with van der Waals surface area (Å²) in [4.78, 5) is 13.3. The smallest absolute Gasteiger partial charge is 0.337 e. The topological polar surface area (TPSA) is 49.8 Å². The van der Waals surface area contributed by atoms with Crippen molar-refractivity contribution in [3.63, 3.8) is 0 Å². The molecule has 5 heteroatoms. The average Bonchev–Trinajstić information content (AvgIpc) is 2.77. The van der Waals surface area contributed by atoms with E-state index in [2.05, 4.69) is 20.8 Å². The second kappa shape index (κ2) is 5.06. The van der Waals surface area contributed by atoms with Gasteiger partial charge in [-0.05, 0) is 24.6 Å². The fourth-order valence-electron chi connectivity index (χ4n) is 2.09. The monoisotopic (exact) mass is 299 g/mol. The molecule has 0 saturated carbocycles. The molecule has 0 radical (unpaired) electrons. The third-order valence-electron chi connectivity index (χ3n) is 3.01. The number of rotatable bonds is 3. The number of carboxylic acid groups (broad SMARTS) is 1. The van der Waals surface area contributed by atoms with Crippen molar-refractivity contribution in [2.75, 3.05) is 25.1 Å².